The number of hydrogen-bond acceptors (Lipinski definition) is 3. The Balaban J connectivity index is 1.42. The van der Waals surface area contributed by atoms with Gasteiger partial charge in [0.05, 0.1) is 15.9 Å². The molecule has 0 aliphatic heterocycles. The summed E-state index contributed by atoms with van der Waals surface area (Å²) >= 11 is 0. The van der Waals surface area contributed by atoms with Gasteiger partial charge in [0.25, 0.3) is 10.0 Å². The first kappa shape index (κ1) is 22.1. The molecule has 3 aromatic carbocycles. The number of rotatable bonds is 9. The van der Waals surface area contributed by atoms with Crippen molar-refractivity contribution in [1.29, 1.82) is 0 Å². The highest BCUT2D eigenvalue weighted by atomic mass is 32.2. The first-order valence-electron chi connectivity index (χ1n) is 11.1. The van der Waals surface area contributed by atoms with Gasteiger partial charge in [0.2, 0.25) is 0 Å². The van der Waals surface area contributed by atoms with Crippen LogP contribution in [0.5, 0.6) is 0 Å². The smallest absolute Gasteiger partial charge is 0.261 e. The standard InChI is InChI=1S/C26H29N3O2S/c1-3-7-20-12-17-23(18-13-20)32(30,31)28-22-15-10-21(11-16-22)14-19-26-27-24-8-5-6-9-25(24)29(26)4-2/h5-6,8-13,15-18,28H,3-4,7,14,19H2,1-2H3. The molecule has 0 saturated heterocycles. The topological polar surface area (TPSA) is 64.0 Å². The van der Waals surface area contributed by atoms with Crippen molar-refractivity contribution in [3.63, 3.8) is 0 Å². The average molecular weight is 448 g/mol. The maximum absolute atomic E-state index is 12.7. The summed E-state index contributed by atoms with van der Waals surface area (Å²) in [5, 5.41) is 0. The molecule has 0 radical (unpaired) electrons. The predicted molar refractivity (Wildman–Crippen MR) is 131 cm³/mol. The first-order chi connectivity index (χ1) is 15.5. The van der Waals surface area contributed by atoms with Gasteiger partial charge in [0.15, 0.2) is 0 Å². The van der Waals surface area contributed by atoms with Gasteiger partial charge in [0, 0.05) is 18.7 Å². The van der Waals surface area contributed by atoms with Crippen LogP contribution >= 0.6 is 0 Å². The molecule has 32 heavy (non-hydrogen) atoms. The summed E-state index contributed by atoms with van der Waals surface area (Å²) in [4.78, 5) is 5.06. The number of benzene rings is 3. The Morgan fingerprint density at radius 1 is 0.812 bits per heavy atom. The molecule has 0 amide bonds. The lowest BCUT2D eigenvalue weighted by Gasteiger charge is -2.10. The summed E-state index contributed by atoms with van der Waals surface area (Å²) in [5.41, 5.74) is 5.04. The highest BCUT2D eigenvalue weighted by Gasteiger charge is 2.14. The second kappa shape index (κ2) is 9.57. The summed E-state index contributed by atoms with van der Waals surface area (Å²) in [6.07, 6.45) is 3.66. The molecule has 1 heterocycles. The highest BCUT2D eigenvalue weighted by Crippen LogP contribution is 2.20. The molecule has 1 N–H and O–H groups in total. The molecule has 0 unspecified atom stereocenters. The summed E-state index contributed by atoms with van der Waals surface area (Å²) in [6, 6.07) is 22.9. The lowest BCUT2D eigenvalue weighted by molar-refractivity contribution is 0.601. The lowest BCUT2D eigenvalue weighted by atomic mass is 10.1. The summed E-state index contributed by atoms with van der Waals surface area (Å²) < 4.78 is 30.3. The van der Waals surface area contributed by atoms with E-state index < -0.39 is 10.0 Å². The minimum absolute atomic E-state index is 0.278. The van der Waals surface area contributed by atoms with Crippen molar-refractivity contribution >= 4 is 26.7 Å². The number of imidazole rings is 1. The van der Waals surface area contributed by atoms with E-state index in [1.165, 1.54) is 0 Å². The number of nitrogens with zero attached hydrogens (tertiary/aromatic N) is 2. The Labute approximate surface area is 190 Å². The van der Waals surface area contributed by atoms with Crippen molar-refractivity contribution in [3.8, 4) is 0 Å². The van der Waals surface area contributed by atoms with Gasteiger partial charge in [0.1, 0.15) is 5.82 Å². The predicted octanol–water partition coefficient (Wildman–Crippen LogP) is 5.59. The molecule has 0 bridgehead atoms. The van der Waals surface area contributed by atoms with E-state index in [0.717, 1.165) is 60.2 Å². The Morgan fingerprint density at radius 3 is 2.16 bits per heavy atom. The van der Waals surface area contributed by atoms with Crippen molar-refractivity contribution in [3.05, 3.63) is 89.7 Å². The van der Waals surface area contributed by atoms with E-state index in [1.807, 2.05) is 54.6 Å². The third-order valence-electron chi connectivity index (χ3n) is 5.67. The molecule has 166 valence electrons. The third-order valence-corrected chi connectivity index (χ3v) is 7.06. The Kier molecular flexibility index (Phi) is 6.61. The van der Waals surface area contributed by atoms with Crippen LogP contribution in [0.15, 0.2) is 77.7 Å². The van der Waals surface area contributed by atoms with Gasteiger partial charge in [-0.1, -0.05) is 49.7 Å². The van der Waals surface area contributed by atoms with Crippen LogP contribution in [-0.2, 0) is 35.8 Å². The maximum atomic E-state index is 12.7. The summed E-state index contributed by atoms with van der Waals surface area (Å²) in [6.45, 7) is 5.13. The molecule has 4 rings (SSSR count). The SMILES string of the molecule is CCCc1ccc(S(=O)(=O)Nc2ccc(CCc3nc4ccccc4n3CC)cc2)cc1. The van der Waals surface area contributed by atoms with Gasteiger partial charge in [-0.05, 0) is 67.3 Å². The van der Waals surface area contributed by atoms with Gasteiger partial charge >= 0.3 is 0 Å². The molecular formula is C26H29N3O2S. The van der Waals surface area contributed by atoms with Gasteiger partial charge in [-0.2, -0.15) is 0 Å². The quantitative estimate of drug-likeness (QED) is 0.363. The number of aryl methyl sites for hydroxylation is 4. The van der Waals surface area contributed by atoms with E-state index in [0.29, 0.717) is 5.69 Å². The van der Waals surface area contributed by atoms with Crippen molar-refractivity contribution in [2.75, 3.05) is 4.72 Å². The highest BCUT2D eigenvalue weighted by molar-refractivity contribution is 7.92. The van der Waals surface area contributed by atoms with Crippen LogP contribution in [0.25, 0.3) is 11.0 Å². The number of hydrogen-bond donors (Lipinski definition) is 1. The fourth-order valence-corrected chi connectivity index (χ4v) is 5.06. The lowest BCUT2D eigenvalue weighted by Crippen LogP contribution is -2.13. The van der Waals surface area contributed by atoms with Crippen LogP contribution in [0.3, 0.4) is 0 Å². The third kappa shape index (κ3) is 4.86. The van der Waals surface area contributed by atoms with Crippen molar-refractivity contribution in [2.45, 2.75) is 51.0 Å². The summed E-state index contributed by atoms with van der Waals surface area (Å²) in [5.74, 6) is 1.07. The first-order valence-corrected chi connectivity index (χ1v) is 12.6. The van der Waals surface area contributed by atoms with Crippen molar-refractivity contribution in [1.82, 2.24) is 9.55 Å². The van der Waals surface area contributed by atoms with E-state index in [1.54, 1.807) is 12.1 Å². The molecule has 0 saturated carbocycles. The van der Waals surface area contributed by atoms with Gasteiger partial charge in [-0.25, -0.2) is 13.4 Å². The molecule has 4 aromatic rings. The monoisotopic (exact) mass is 447 g/mol. The number of anilines is 1. The zero-order valence-electron chi connectivity index (χ0n) is 18.6. The van der Waals surface area contributed by atoms with Crippen LogP contribution in [0.2, 0.25) is 0 Å². The Hall–Kier alpha value is -3.12. The van der Waals surface area contributed by atoms with Crippen LogP contribution < -0.4 is 4.72 Å². The minimum atomic E-state index is -3.60. The van der Waals surface area contributed by atoms with Crippen molar-refractivity contribution < 1.29 is 8.42 Å². The fourth-order valence-electron chi connectivity index (χ4n) is 4.00. The normalized spacial score (nSPS) is 11.7. The molecule has 1 aromatic heterocycles. The molecular weight excluding hydrogens is 418 g/mol. The van der Waals surface area contributed by atoms with Gasteiger partial charge in [-0.15, -0.1) is 0 Å². The van der Waals surface area contributed by atoms with E-state index in [4.69, 9.17) is 4.98 Å². The zero-order chi connectivity index (χ0) is 22.6. The number of nitrogens with one attached hydrogen (secondary N) is 1. The van der Waals surface area contributed by atoms with Gasteiger partial charge < -0.3 is 4.57 Å². The number of para-hydroxylation sites is 2. The largest absolute Gasteiger partial charge is 0.328 e. The van der Waals surface area contributed by atoms with Crippen molar-refractivity contribution in [2.24, 2.45) is 0 Å². The fraction of sp³-hybridized carbons (Fsp3) is 0.269. The number of fused-ring (bicyclic) bond motifs is 1. The van der Waals surface area contributed by atoms with Crippen LogP contribution in [-0.4, -0.2) is 18.0 Å². The van der Waals surface area contributed by atoms with Crippen LogP contribution in [0.4, 0.5) is 5.69 Å². The molecule has 0 aliphatic carbocycles. The van der Waals surface area contributed by atoms with Crippen LogP contribution in [0.1, 0.15) is 37.2 Å². The van der Waals surface area contributed by atoms with E-state index >= 15 is 0 Å². The molecule has 5 nitrogen and oxygen atoms in total. The van der Waals surface area contributed by atoms with E-state index in [9.17, 15) is 8.42 Å². The average Bonchev–Trinajstić information content (AvgIpc) is 3.16. The van der Waals surface area contributed by atoms with E-state index in [-0.39, 0.29) is 4.90 Å². The number of sulfonamides is 1. The zero-order valence-corrected chi connectivity index (χ0v) is 19.4. The summed E-state index contributed by atoms with van der Waals surface area (Å²) in [7, 11) is -3.60. The second-order valence-corrected chi connectivity index (χ2v) is 9.64. The molecule has 0 spiro atoms. The number of aromatic nitrogens is 2. The van der Waals surface area contributed by atoms with E-state index in [2.05, 4.69) is 29.2 Å². The second-order valence-electron chi connectivity index (χ2n) is 7.96. The molecule has 0 fully saturated rings. The minimum Gasteiger partial charge on any atom is -0.328 e. The van der Waals surface area contributed by atoms with Crippen LogP contribution in [0, 0.1) is 0 Å². The molecule has 0 atom stereocenters. The maximum Gasteiger partial charge on any atom is 0.261 e. The molecule has 6 heteroatoms. The Morgan fingerprint density at radius 2 is 1.47 bits per heavy atom. The Bertz CT molecular complexity index is 1290. The molecule has 0 aliphatic rings. The van der Waals surface area contributed by atoms with Gasteiger partial charge in [-0.3, -0.25) is 4.72 Å².